The number of likely N-dealkylation sites (tertiary alicyclic amines) is 1. The number of hydrogen-bond donors (Lipinski definition) is 2. The van der Waals surface area contributed by atoms with E-state index in [1.54, 1.807) is 6.92 Å². The van der Waals surface area contributed by atoms with Gasteiger partial charge in [0.1, 0.15) is 0 Å². The molecule has 1 atom stereocenters. The van der Waals surface area contributed by atoms with Crippen molar-refractivity contribution in [3.05, 3.63) is 0 Å². The minimum atomic E-state index is -0.232. The monoisotopic (exact) mass is 345 g/mol. The van der Waals surface area contributed by atoms with E-state index in [1.807, 2.05) is 0 Å². The fraction of sp³-hybridized carbons (Fsp3) is 0.800. The number of hydroxylamine groups is 2. The van der Waals surface area contributed by atoms with Crippen LogP contribution in [0.3, 0.4) is 0 Å². The first-order valence-corrected chi connectivity index (χ1v) is 8.08. The van der Waals surface area contributed by atoms with E-state index in [0.29, 0.717) is 26.3 Å². The van der Waals surface area contributed by atoms with Crippen molar-refractivity contribution in [2.75, 3.05) is 53.1 Å². The highest BCUT2D eigenvalue weighted by molar-refractivity contribution is 6.03. The summed E-state index contributed by atoms with van der Waals surface area (Å²) in [5.74, 6) is -0.660. The zero-order chi connectivity index (χ0) is 17.9. The van der Waals surface area contributed by atoms with Crippen LogP contribution in [0.5, 0.6) is 0 Å². The van der Waals surface area contributed by atoms with E-state index in [4.69, 9.17) is 14.7 Å². The summed E-state index contributed by atoms with van der Waals surface area (Å²) < 4.78 is 10.6. The highest BCUT2D eigenvalue weighted by Gasteiger charge is 2.34. The summed E-state index contributed by atoms with van der Waals surface area (Å²) in [5, 5.41) is 12.5. The van der Waals surface area contributed by atoms with Crippen molar-refractivity contribution < 1.29 is 29.1 Å². The molecule has 1 unspecified atom stereocenters. The van der Waals surface area contributed by atoms with Crippen LogP contribution in [-0.2, 0) is 23.9 Å². The van der Waals surface area contributed by atoms with Gasteiger partial charge in [-0.05, 0) is 0 Å². The first-order valence-electron chi connectivity index (χ1n) is 8.08. The molecule has 24 heavy (non-hydrogen) atoms. The molecular formula is C15H27N3O6. The maximum atomic E-state index is 11.7. The van der Waals surface area contributed by atoms with Crippen LogP contribution < -0.4 is 5.32 Å². The Hall–Kier alpha value is -1.55. The number of ether oxygens (including phenoxy) is 2. The van der Waals surface area contributed by atoms with Crippen molar-refractivity contribution in [2.24, 2.45) is 5.92 Å². The molecule has 9 nitrogen and oxygen atoms in total. The number of imide groups is 1. The fourth-order valence-corrected chi connectivity index (χ4v) is 2.17. The number of carbonyl (C=O) groups is 3. The normalized spacial score (nSPS) is 17.8. The predicted octanol–water partition coefficient (Wildman–Crippen LogP) is -0.758. The Kier molecular flexibility index (Phi) is 9.46. The Bertz CT molecular complexity index is 429. The minimum absolute atomic E-state index is 0.141. The van der Waals surface area contributed by atoms with Gasteiger partial charge in [-0.3, -0.25) is 19.3 Å². The third-order valence-corrected chi connectivity index (χ3v) is 3.53. The van der Waals surface area contributed by atoms with E-state index in [0.717, 1.165) is 5.06 Å². The molecule has 1 fully saturated rings. The van der Waals surface area contributed by atoms with Crippen molar-refractivity contribution in [3.8, 4) is 0 Å². The van der Waals surface area contributed by atoms with Crippen LogP contribution in [0.15, 0.2) is 0 Å². The summed E-state index contributed by atoms with van der Waals surface area (Å²) in [6.45, 7) is 3.99. The molecule has 0 aromatic carbocycles. The molecule has 0 radical (unpaired) electrons. The van der Waals surface area contributed by atoms with Crippen LogP contribution in [0.4, 0.5) is 0 Å². The molecule has 9 heteroatoms. The number of amides is 3. The summed E-state index contributed by atoms with van der Waals surface area (Å²) in [6.07, 6.45) is 0.516. The molecular weight excluding hydrogens is 318 g/mol. The molecule has 3 amide bonds. The third kappa shape index (κ3) is 7.82. The molecule has 0 spiro atoms. The average Bonchev–Trinajstić information content (AvgIpc) is 2.75. The quantitative estimate of drug-likeness (QED) is 0.272. The van der Waals surface area contributed by atoms with Crippen molar-refractivity contribution in [1.82, 2.24) is 15.3 Å². The lowest BCUT2D eigenvalue weighted by molar-refractivity contribution is -0.140. The van der Waals surface area contributed by atoms with E-state index in [2.05, 4.69) is 5.32 Å². The summed E-state index contributed by atoms with van der Waals surface area (Å²) in [6, 6.07) is 0. The van der Waals surface area contributed by atoms with Crippen molar-refractivity contribution in [2.45, 2.75) is 19.8 Å². The Balaban J connectivity index is 1.93. The first kappa shape index (κ1) is 20.5. The zero-order valence-corrected chi connectivity index (χ0v) is 14.3. The maximum Gasteiger partial charge on any atom is 0.232 e. The zero-order valence-electron chi connectivity index (χ0n) is 14.3. The second-order valence-corrected chi connectivity index (χ2v) is 5.69. The lowest BCUT2D eigenvalue weighted by atomic mass is 10.1. The number of nitrogens with zero attached hydrogens (tertiary/aromatic N) is 2. The molecule has 1 saturated heterocycles. The number of nitrogens with one attached hydrogen (secondary N) is 1. The second-order valence-electron chi connectivity index (χ2n) is 5.69. The molecule has 0 aromatic rings. The smallest absolute Gasteiger partial charge is 0.232 e. The third-order valence-electron chi connectivity index (χ3n) is 3.53. The van der Waals surface area contributed by atoms with Gasteiger partial charge in [-0.1, -0.05) is 6.92 Å². The molecule has 0 aromatic heterocycles. The summed E-state index contributed by atoms with van der Waals surface area (Å²) in [4.78, 5) is 35.9. The molecule has 2 N–H and O–H groups in total. The lowest BCUT2D eigenvalue weighted by Gasteiger charge is -2.14. The summed E-state index contributed by atoms with van der Waals surface area (Å²) in [5.41, 5.74) is 0. The average molecular weight is 345 g/mol. The molecule has 1 aliphatic rings. The van der Waals surface area contributed by atoms with Gasteiger partial charge in [0, 0.05) is 38.9 Å². The molecule has 1 rings (SSSR count). The van der Waals surface area contributed by atoms with Crippen molar-refractivity contribution in [3.63, 3.8) is 0 Å². The number of likely N-dealkylation sites (N-methyl/N-ethyl adjacent to an activating group) is 1. The van der Waals surface area contributed by atoms with Gasteiger partial charge in [-0.15, -0.1) is 0 Å². The Morgan fingerprint density at radius 2 is 1.96 bits per heavy atom. The van der Waals surface area contributed by atoms with Crippen LogP contribution in [0.25, 0.3) is 0 Å². The van der Waals surface area contributed by atoms with Gasteiger partial charge >= 0.3 is 0 Å². The van der Waals surface area contributed by atoms with Crippen molar-refractivity contribution >= 4 is 17.7 Å². The van der Waals surface area contributed by atoms with Gasteiger partial charge in [0.25, 0.3) is 0 Å². The fourth-order valence-electron chi connectivity index (χ4n) is 2.17. The molecule has 138 valence electrons. The molecule has 1 heterocycles. The standard InChI is InChI=1S/C15H27N3O6/c1-12-11-14(20)18(15(12)21)6-8-24-10-9-23-7-3-13(19)16-4-5-17(2)22/h12,22H,3-11H2,1-2H3,(H,16,19). The minimum Gasteiger partial charge on any atom is -0.379 e. The van der Waals surface area contributed by atoms with E-state index in [1.165, 1.54) is 11.9 Å². The topological polar surface area (TPSA) is 108 Å². The Labute approximate surface area is 141 Å². The second kappa shape index (κ2) is 11.1. The van der Waals surface area contributed by atoms with Gasteiger partial charge in [-0.2, -0.15) is 5.06 Å². The van der Waals surface area contributed by atoms with Crippen LogP contribution in [0.1, 0.15) is 19.8 Å². The van der Waals surface area contributed by atoms with E-state index >= 15 is 0 Å². The van der Waals surface area contributed by atoms with Crippen LogP contribution in [-0.4, -0.2) is 86.0 Å². The SMILES string of the molecule is CC1CC(=O)N(CCOCCOCCC(=O)NCCN(C)O)C1=O. The first-order chi connectivity index (χ1) is 11.4. The van der Waals surface area contributed by atoms with E-state index in [9.17, 15) is 14.4 Å². The van der Waals surface area contributed by atoms with Crippen molar-refractivity contribution in [1.29, 1.82) is 0 Å². The Morgan fingerprint density at radius 1 is 1.29 bits per heavy atom. The molecule has 0 saturated carbocycles. The van der Waals surface area contributed by atoms with Gasteiger partial charge in [-0.25, -0.2) is 0 Å². The van der Waals surface area contributed by atoms with Gasteiger partial charge < -0.3 is 20.0 Å². The van der Waals surface area contributed by atoms with Gasteiger partial charge in [0.05, 0.1) is 33.0 Å². The largest absolute Gasteiger partial charge is 0.379 e. The maximum absolute atomic E-state index is 11.7. The molecule has 0 bridgehead atoms. The van der Waals surface area contributed by atoms with Crippen LogP contribution >= 0.6 is 0 Å². The highest BCUT2D eigenvalue weighted by Crippen LogP contribution is 2.17. The molecule has 1 aliphatic heterocycles. The number of carbonyl (C=O) groups excluding carboxylic acids is 3. The highest BCUT2D eigenvalue weighted by atomic mass is 16.5. The van der Waals surface area contributed by atoms with Gasteiger partial charge in [0.15, 0.2) is 0 Å². The summed E-state index contributed by atoms with van der Waals surface area (Å²) >= 11 is 0. The van der Waals surface area contributed by atoms with E-state index in [-0.39, 0.29) is 56.2 Å². The predicted molar refractivity (Wildman–Crippen MR) is 84.2 cm³/mol. The summed E-state index contributed by atoms with van der Waals surface area (Å²) in [7, 11) is 1.51. The number of rotatable bonds is 12. The van der Waals surface area contributed by atoms with Crippen LogP contribution in [0, 0.1) is 5.92 Å². The molecule has 0 aliphatic carbocycles. The van der Waals surface area contributed by atoms with Gasteiger partial charge in [0.2, 0.25) is 17.7 Å². The van der Waals surface area contributed by atoms with E-state index < -0.39 is 0 Å². The Morgan fingerprint density at radius 3 is 2.54 bits per heavy atom. The lowest BCUT2D eigenvalue weighted by Crippen LogP contribution is -2.33. The number of hydrogen-bond acceptors (Lipinski definition) is 7. The van der Waals surface area contributed by atoms with Crippen LogP contribution in [0.2, 0.25) is 0 Å².